The quantitative estimate of drug-likeness (QED) is 0.883. The molecule has 0 aliphatic rings. The molecule has 0 amide bonds. The molecule has 0 saturated heterocycles. The number of methoxy groups -OCH3 is 1. The van der Waals surface area contributed by atoms with Gasteiger partial charge in [0.1, 0.15) is 5.82 Å². The molecule has 0 radical (unpaired) electrons. The number of halogens is 1. The standard InChI is InChI=1S/C13H13FN2O/c1-17-12-7-4-10(8-16-12)13(15)9-2-5-11(14)6-3-9/h2-8,13H,15H2,1H3. The lowest BCUT2D eigenvalue weighted by Crippen LogP contribution is -2.12. The lowest BCUT2D eigenvalue weighted by Gasteiger charge is -2.12. The third kappa shape index (κ3) is 2.60. The van der Waals surface area contributed by atoms with Gasteiger partial charge < -0.3 is 10.5 Å². The van der Waals surface area contributed by atoms with Crippen LogP contribution in [0.1, 0.15) is 17.2 Å². The number of rotatable bonds is 3. The normalized spacial score (nSPS) is 12.2. The largest absolute Gasteiger partial charge is 0.481 e. The summed E-state index contributed by atoms with van der Waals surface area (Å²) < 4.78 is 17.8. The second-order valence-electron chi connectivity index (χ2n) is 3.66. The average Bonchev–Trinajstić information content (AvgIpc) is 2.39. The fraction of sp³-hybridized carbons (Fsp3) is 0.154. The van der Waals surface area contributed by atoms with Gasteiger partial charge in [0, 0.05) is 12.3 Å². The van der Waals surface area contributed by atoms with Crippen molar-refractivity contribution in [3.8, 4) is 5.88 Å². The molecule has 1 aromatic heterocycles. The summed E-state index contributed by atoms with van der Waals surface area (Å²) in [5.41, 5.74) is 7.76. The van der Waals surface area contributed by atoms with E-state index in [1.807, 2.05) is 6.07 Å². The van der Waals surface area contributed by atoms with Gasteiger partial charge in [-0.15, -0.1) is 0 Å². The molecule has 1 aromatic carbocycles. The van der Waals surface area contributed by atoms with Crippen molar-refractivity contribution in [2.75, 3.05) is 7.11 Å². The summed E-state index contributed by atoms with van der Waals surface area (Å²) in [6, 6.07) is 9.42. The van der Waals surface area contributed by atoms with Crippen molar-refractivity contribution in [1.29, 1.82) is 0 Å². The zero-order valence-corrected chi connectivity index (χ0v) is 9.43. The molecule has 0 saturated carbocycles. The van der Waals surface area contributed by atoms with Crippen molar-refractivity contribution >= 4 is 0 Å². The highest BCUT2D eigenvalue weighted by atomic mass is 19.1. The molecule has 17 heavy (non-hydrogen) atoms. The van der Waals surface area contributed by atoms with Crippen LogP contribution in [0.15, 0.2) is 42.6 Å². The number of ether oxygens (including phenoxy) is 1. The Hall–Kier alpha value is -1.94. The van der Waals surface area contributed by atoms with Gasteiger partial charge in [-0.3, -0.25) is 0 Å². The highest BCUT2D eigenvalue weighted by molar-refractivity contribution is 5.31. The smallest absolute Gasteiger partial charge is 0.212 e. The van der Waals surface area contributed by atoms with Crippen LogP contribution in [-0.2, 0) is 0 Å². The van der Waals surface area contributed by atoms with E-state index in [0.29, 0.717) is 5.88 Å². The SMILES string of the molecule is COc1ccc(C(N)c2ccc(F)cc2)cn1. The van der Waals surface area contributed by atoms with Gasteiger partial charge in [0.25, 0.3) is 0 Å². The zero-order valence-electron chi connectivity index (χ0n) is 9.43. The molecule has 1 unspecified atom stereocenters. The van der Waals surface area contributed by atoms with Crippen LogP contribution >= 0.6 is 0 Å². The van der Waals surface area contributed by atoms with Crippen LogP contribution in [0.4, 0.5) is 4.39 Å². The number of nitrogens with two attached hydrogens (primary N) is 1. The van der Waals surface area contributed by atoms with E-state index in [0.717, 1.165) is 11.1 Å². The average molecular weight is 232 g/mol. The van der Waals surface area contributed by atoms with Crippen LogP contribution in [0.2, 0.25) is 0 Å². The number of pyridine rings is 1. The number of nitrogens with zero attached hydrogens (tertiary/aromatic N) is 1. The van der Waals surface area contributed by atoms with Crippen LogP contribution in [0.5, 0.6) is 5.88 Å². The Morgan fingerprint density at radius 3 is 2.29 bits per heavy atom. The lowest BCUT2D eigenvalue weighted by molar-refractivity contribution is 0.397. The molecule has 4 heteroatoms. The number of hydrogen-bond donors (Lipinski definition) is 1. The molecule has 2 aromatic rings. The summed E-state index contributed by atoms with van der Waals surface area (Å²) in [5.74, 6) is 0.272. The molecule has 3 nitrogen and oxygen atoms in total. The molecular formula is C13H13FN2O. The van der Waals surface area contributed by atoms with Crippen molar-refractivity contribution in [3.05, 3.63) is 59.5 Å². The van der Waals surface area contributed by atoms with Gasteiger partial charge >= 0.3 is 0 Å². The third-order valence-electron chi connectivity index (χ3n) is 2.56. The molecular weight excluding hydrogens is 219 g/mol. The molecule has 0 aliphatic carbocycles. The molecule has 1 atom stereocenters. The predicted molar refractivity (Wildman–Crippen MR) is 63.2 cm³/mol. The van der Waals surface area contributed by atoms with Crippen LogP contribution < -0.4 is 10.5 Å². The summed E-state index contributed by atoms with van der Waals surface area (Å²) in [4.78, 5) is 4.09. The van der Waals surface area contributed by atoms with Gasteiger partial charge in [0.15, 0.2) is 0 Å². The van der Waals surface area contributed by atoms with Gasteiger partial charge in [-0.1, -0.05) is 18.2 Å². The molecule has 1 heterocycles. The first kappa shape index (κ1) is 11.5. The maximum atomic E-state index is 12.8. The van der Waals surface area contributed by atoms with Crippen LogP contribution in [0.25, 0.3) is 0 Å². The molecule has 0 bridgehead atoms. The Balaban J connectivity index is 2.23. The van der Waals surface area contributed by atoms with E-state index >= 15 is 0 Å². The van der Waals surface area contributed by atoms with Crippen molar-refractivity contribution in [3.63, 3.8) is 0 Å². The summed E-state index contributed by atoms with van der Waals surface area (Å²) >= 11 is 0. The predicted octanol–water partition coefficient (Wildman–Crippen LogP) is 2.28. The van der Waals surface area contributed by atoms with Crippen molar-refractivity contribution < 1.29 is 9.13 Å². The van der Waals surface area contributed by atoms with Gasteiger partial charge in [0.2, 0.25) is 5.88 Å². The molecule has 0 aliphatic heterocycles. The molecule has 2 rings (SSSR count). The Bertz CT molecular complexity index is 482. The Morgan fingerprint density at radius 2 is 1.76 bits per heavy atom. The van der Waals surface area contributed by atoms with Crippen LogP contribution in [0, 0.1) is 5.82 Å². The summed E-state index contributed by atoms with van der Waals surface area (Å²) in [6.45, 7) is 0. The van der Waals surface area contributed by atoms with E-state index in [2.05, 4.69) is 4.98 Å². The zero-order chi connectivity index (χ0) is 12.3. The maximum absolute atomic E-state index is 12.8. The van der Waals surface area contributed by atoms with Gasteiger partial charge in [-0.2, -0.15) is 0 Å². The van der Waals surface area contributed by atoms with E-state index in [-0.39, 0.29) is 11.9 Å². The minimum atomic E-state index is -0.311. The van der Waals surface area contributed by atoms with Crippen LogP contribution in [0.3, 0.4) is 0 Å². The highest BCUT2D eigenvalue weighted by Crippen LogP contribution is 2.20. The van der Waals surface area contributed by atoms with E-state index in [1.54, 1.807) is 31.5 Å². The number of hydrogen-bond acceptors (Lipinski definition) is 3. The van der Waals surface area contributed by atoms with Crippen molar-refractivity contribution in [2.24, 2.45) is 5.73 Å². The molecule has 88 valence electrons. The first-order valence-corrected chi connectivity index (χ1v) is 5.21. The summed E-state index contributed by atoms with van der Waals surface area (Å²) in [5, 5.41) is 0. The Labute approximate surface area is 99.1 Å². The van der Waals surface area contributed by atoms with Gasteiger partial charge in [-0.25, -0.2) is 9.37 Å². The van der Waals surface area contributed by atoms with Crippen LogP contribution in [-0.4, -0.2) is 12.1 Å². The van der Waals surface area contributed by atoms with E-state index in [9.17, 15) is 4.39 Å². The second-order valence-corrected chi connectivity index (χ2v) is 3.66. The Kier molecular flexibility index (Phi) is 3.35. The highest BCUT2D eigenvalue weighted by Gasteiger charge is 2.09. The van der Waals surface area contributed by atoms with Gasteiger partial charge in [0.05, 0.1) is 13.2 Å². The first-order chi connectivity index (χ1) is 8.20. The lowest BCUT2D eigenvalue weighted by atomic mass is 10.0. The summed E-state index contributed by atoms with van der Waals surface area (Å²) in [7, 11) is 1.56. The minimum absolute atomic E-state index is 0.270. The fourth-order valence-electron chi connectivity index (χ4n) is 1.56. The second kappa shape index (κ2) is 4.93. The van der Waals surface area contributed by atoms with E-state index in [1.165, 1.54) is 12.1 Å². The number of benzene rings is 1. The molecule has 0 fully saturated rings. The molecule has 2 N–H and O–H groups in total. The molecule has 0 spiro atoms. The monoisotopic (exact) mass is 232 g/mol. The fourth-order valence-corrected chi connectivity index (χ4v) is 1.56. The van der Waals surface area contributed by atoms with Gasteiger partial charge in [-0.05, 0) is 23.3 Å². The maximum Gasteiger partial charge on any atom is 0.212 e. The minimum Gasteiger partial charge on any atom is -0.481 e. The van der Waals surface area contributed by atoms with Crippen molar-refractivity contribution in [2.45, 2.75) is 6.04 Å². The Morgan fingerprint density at radius 1 is 1.12 bits per heavy atom. The third-order valence-corrected chi connectivity index (χ3v) is 2.56. The topological polar surface area (TPSA) is 48.1 Å². The number of aromatic nitrogens is 1. The van der Waals surface area contributed by atoms with E-state index < -0.39 is 0 Å². The van der Waals surface area contributed by atoms with Crippen molar-refractivity contribution in [1.82, 2.24) is 4.98 Å². The van der Waals surface area contributed by atoms with E-state index in [4.69, 9.17) is 10.5 Å². The first-order valence-electron chi connectivity index (χ1n) is 5.21. The summed E-state index contributed by atoms with van der Waals surface area (Å²) in [6.07, 6.45) is 1.66.